The Morgan fingerprint density at radius 2 is 1.83 bits per heavy atom. The Bertz CT molecular complexity index is 1910. The fourth-order valence-electron chi connectivity index (χ4n) is 6.17. The predicted octanol–water partition coefficient (Wildman–Crippen LogP) is 5.50. The van der Waals surface area contributed by atoms with E-state index in [-0.39, 0.29) is 18.3 Å². The van der Waals surface area contributed by atoms with E-state index < -0.39 is 20.5 Å². The van der Waals surface area contributed by atoms with Crippen molar-refractivity contribution in [1.82, 2.24) is 19.7 Å². The highest BCUT2D eigenvalue weighted by atomic mass is 32.2. The van der Waals surface area contributed by atoms with Crippen molar-refractivity contribution in [2.75, 3.05) is 33.1 Å². The van der Waals surface area contributed by atoms with E-state index in [1.807, 2.05) is 12.1 Å². The molecule has 3 heterocycles. The Hall–Kier alpha value is -4.02. The summed E-state index contributed by atoms with van der Waals surface area (Å²) in [6.07, 6.45) is 3.46. The molecule has 0 aliphatic carbocycles. The van der Waals surface area contributed by atoms with Crippen molar-refractivity contribution < 1.29 is 22.3 Å². The van der Waals surface area contributed by atoms with Crippen molar-refractivity contribution in [1.29, 1.82) is 0 Å². The summed E-state index contributed by atoms with van der Waals surface area (Å²) >= 11 is 0. The smallest absolute Gasteiger partial charge is 0.253 e. The number of aromatic amines is 1. The Labute approximate surface area is 244 Å². The minimum atomic E-state index is -3.21. The van der Waals surface area contributed by atoms with Gasteiger partial charge in [-0.15, -0.1) is 0 Å². The second-order valence-electron chi connectivity index (χ2n) is 11.7. The van der Waals surface area contributed by atoms with Gasteiger partial charge >= 0.3 is 0 Å². The number of amides is 1. The van der Waals surface area contributed by atoms with Crippen LogP contribution >= 0.6 is 0 Å². The molecule has 10 heteroatoms. The molecule has 1 aliphatic heterocycles. The highest BCUT2D eigenvalue weighted by Gasteiger charge is 2.34. The zero-order chi connectivity index (χ0) is 29.8. The van der Waals surface area contributed by atoms with Gasteiger partial charge in [-0.25, -0.2) is 12.8 Å². The van der Waals surface area contributed by atoms with Crippen molar-refractivity contribution in [3.63, 3.8) is 0 Å². The lowest BCUT2D eigenvalue weighted by Crippen LogP contribution is -2.31. The molecule has 42 heavy (non-hydrogen) atoms. The van der Waals surface area contributed by atoms with Crippen LogP contribution in [0.1, 0.15) is 36.3 Å². The summed E-state index contributed by atoms with van der Waals surface area (Å²) in [6.45, 7) is 5.29. The van der Waals surface area contributed by atoms with Crippen molar-refractivity contribution in [3.05, 3.63) is 83.9 Å². The SMILES string of the molecule is COCC(C)(C)c1c(-c2ccc(C(=O)N3CCC(S(C)(=O)=O)C3)cc2)c2cc3[nH]ncc3cc2n1-c1ccc(F)cc1. The topological polar surface area (TPSA) is 97.3 Å². The van der Waals surface area contributed by atoms with Crippen molar-refractivity contribution in [2.24, 2.45) is 0 Å². The van der Waals surface area contributed by atoms with Gasteiger partial charge in [-0.2, -0.15) is 5.10 Å². The lowest BCUT2D eigenvalue weighted by Gasteiger charge is -2.28. The van der Waals surface area contributed by atoms with Crippen LogP contribution in [0.2, 0.25) is 0 Å². The number of aromatic nitrogens is 3. The summed E-state index contributed by atoms with van der Waals surface area (Å²) in [5.74, 6) is -0.493. The molecule has 1 N–H and O–H groups in total. The second kappa shape index (κ2) is 10.4. The summed E-state index contributed by atoms with van der Waals surface area (Å²) in [5, 5.41) is 8.70. The maximum atomic E-state index is 14.0. The number of sulfone groups is 1. The van der Waals surface area contributed by atoms with Crippen molar-refractivity contribution in [2.45, 2.75) is 30.9 Å². The summed E-state index contributed by atoms with van der Waals surface area (Å²) in [7, 11) is -1.53. The number of nitrogens with one attached hydrogen (secondary N) is 1. The number of hydrogen-bond acceptors (Lipinski definition) is 5. The lowest BCUT2D eigenvalue weighted by molar-refractivity contribution is 0.0793. The van der Waals surface area contributed by atoms with Gasteiger partial charge in [0.25, 0.3) is 5.91 Å². The standard InChI is InChI=1S/C32H33FN4O4S/c1-32(2,19-41-3)30-29(20-5-7-21(8-6-20)31(38)36-14-13-25(18-36)42(4,39)40)26-16-27-22(17-34-35-27)15-28(26)37(30)24-11-9-23(33)10-12-24/h5-12,15-17,25H,13-14,18-19H2,1-4H3,(H,34,35). The Morgan fingerprint density at radius 1 is 1.12 bits per heavy atom. The highest BCUT2D eigenvalue weighted by Crippen LogP contribution is 2.44. The molecule has 5 aromatic rings. The first-order valence-electron chi connectivity index (χ1n) is 13.8. The number of ether oxygens (including phenoxy) is 1. The molecule has 2 aromatic heterocycles. The molecule has 0 saturated carbocycles. The first-order chi connectivity index (χ1) is 20.0. The van der Waals surface area contributed by atoms with Gasteiger partial charge in [0.15, 0.2) is 9.84 Å². The Balaban J connectivity index is 1.52. The van der Waals surface area contributed by atoms with Gasteiger partial charge in [0.1, 0.15) is 5.82 Å². The van der Waals surface area contributed by atoms with Gasteiger partial charge < -0.3 is 14.2 Å². The third-order valence-electron chi connectivity index (χ3n) is 8.22. The molecule has 6 rings (SSSR count). The van der Waals surface area contributed by atoms with Gasteiger partial charge in [0, 0.05) is 65.2 Å². The van der Waals surface area contributed by atoms with Crippen LogP contribution in [-0.4, -0.2) is 72.3 Å². The maximum absolute atomic E-state index is 14.0. The number of carbonyl (C=O) groups excluding carboxylic acids is 1. The van der Waals surface area contributed by atoms with E-state index in [4.69, 9.17) is 4.74 Å². The Morgan fingerprint density at radius 3 is 2.48 bits per heavy atom. The molecule has 218 valence electrons. The van der Waals surface area contributed by atoms with E-state index in [1.54, 1.807) is 42.5 Å². The largest absolute Gasteiger partial charge is 0.384 e. The van der Waals surface area contributed by atoms with Gasteiger partial charge in [0.2, 0.25) is 0 Å². The fourth-order valence-corrected chi connectivity index (χ4v) is 7.15. The molecular formula is C32H33FN4O4S. The minimum absolute atomic E-state index is 0.180. The number of carbonyl (C=O) groups is 1. The molecule has 3 aromatic carbocycles. The summed E-state index contributed by atoms with van der Waals surface area (Å²) in [5.41, 5.74) is 5.55. The summed E-state index contributed by atoms with van der Waals surface area (Å²) in [6, 6.07) is 18.1. The normalized spacial score (nSPS) is 16.1. The summed E-state index contributed by atoms with van der Waals surface area (Å²) < 4.78 is 45.9. The maximum Gasteiger partial charge on any atom is 0.253 e. The van der Waals surface area contributed by atoms with Gasteiger partial charge in [0.05, 0.1) is 29.1 Å². The molecule has 1 amide bonds. The van der Waals surface area contributed by atoms with Gasteiger partial charge in [-0.1, -0.05) is 26.0 Å². The van der Waals surface area contributed by atoms with E-state index in [0.29, 0.717) is 25.1 Å². The second-order valence-corrected chi connectivity index (χ2v) is 14.1. The highest BCUT2D eigenvalue weighted by molar-refractivity contribution is 7.91. The quantitative estimate of drug-likeness (QED) is 0.271. The minimum Gasteiger partial charge on any atom is -0.384 e. The molecule has 0 bridgehead atoms. The summed E-state index contributed by atoms with van der Waals surface area (Å²) in [4.78, 5) is 14.9. The molecule has 1 saturated heterocycles. The van der Waals surface area contributed by atoms with Gasteiger partial charge in [-0.05, 0) is 60.5 Å². The van der Waals surface area contributed by atoms with E-state index in [2.05, 4.69) is 40.7 Å². The number of halogens is 1. The average Bonchev–Trinajstić information content (AvgIpc) is 3.69. The van der Waals surface area contributed by atoms with Crippen LogP contribution in [0.25, 0.3) is 38.6 Å². The van der Waals surface area contributed by atoms with E-state index in [9.17, 15) is 17.6 Å². The van der Waals surface area contributed by atoms with Crippen molar-refractivity contribution in [3.8, 4) is 16.8 Å². The number of H-pyrrole nitrogens is 1. The molecular weight excluding hydrogens is 555 g/mol. The zero-order valence-electron chi connectivity index (χ0n) is 24.0. The van der Waals surface area contributed by atoms with Crippen LogP contribution in [-0.2, 0) is 20.0 Å². The molecule has 1 unspecified atom stereocenters. The van der Waals surface area contributed by atoms with Crippen LogP contribution in [0.4, 0.5) is 4.39 Å². The van der Waals surface area contributed by atoms with E-state index >= 15 is 0 Å². The number of methoxy groups -OCH3 is 1. The molecule has 0 radical (unpaired) electrons. The van der Waals surface area contributed by atoms with Crippen molar-refractivity contribution >= 4 is 37.6 Å². The predicted molar refractivity (Wildman–Crippen MR) is 162 cm³/mol. The third kappa shape index (κ3) is 4.88. The molecule has 8 nitrogen and oxygen atoms in total. The number of benzene rings is 3. The molecule has 1 fully saturated rings. The van der Waals surface area contributed by atoms with Crippen LogP contribution < -0.4 is 0 Å². The molecule has 1 aliphatic rings. The van der Waals surface area contributed by atoms with Crippen LogP contribution in [0, 0.1) is 5.82 Å². The van der Waals surface area contributed by atoms with E-state index in [1.165, 1.54) is 18.4 Å². The van der Waals surface area contributed by atoms with Crippen LogP contribution in [0.15, 0.2) is 66.9 Å². The fraction of sp³-hybridized carbons (Fsp3) is 0.312. The first-order valence-corrected chi connectivity index (χ1v) is 15.8. The number of rotatable bonds is 7. The third-order valence-corrected chi connectivity index (χ3v) is 9.81. The molecule has 0 spiro atoms. The Kier molecular flexibility index (Phi) is 6.93. The number of fused-ring (bicyclic) bond motifs is 2. The zero-order valence-corrected chi connectivity index (χ0v) is 24.8. The number of likely N-dealkylation sites (tertiary alicyclic amines) is 1. The first kappa shape index (κ1) is 28.1. The number of nitrogens with zero attached hydrogens (tertiary/aromatic N) is 3. The average molecular weight is 589 g/mol. The number of hydrogen-bond donors (Lipinski definition) is 1. The van der Waals surface area contributed by atoms with Crippen LogP contribution in [0.5, 0.6) is 0 Å². The lowest BCUT2D eigenvalue weighted by atomic mass is 9.84. The van der Waals surface area contributed by atoms with Gasteiger partial charge in [-0.3, -0.25) is 9.89 Å². The van der Waals surface area contributed by atoms with Crippen LogP contribution in [0.3, 0.4) is 0 Å². The monoisotopic (exact) mass is 588 g/mol. The molecule has 1 atom stereocenters. The van der Waals surface area contributed by atoms with E-state index in [0.717, 1.165) is 44.3 Å².